The second kappa shape index (κ2) is 52.7. The Balaban J connectivity index is 1.42. The molecule has 90 heavy (non-hydrogen) atoms. The number of hydrogen-bond acceptors (Lipinski definition) is 18. The van der Waals surface area contributed by atoms with Gasteiger partial charge in [-0.1, -0.05) is 248 Å². The molecule has 0 bridgehead atoms. The molecule has 0 aromatic carbocycles. The number of aliphatic hydroxyl groups excluding tert-OH is 11. The molecule has 3 aliphatic rings. The van der Waals surface area contributed by atoms with Crippen LogP contribution in [0.15, 0.2) is 60.8 Å². The quantitative estimate of drug-likeness (QED) is 0.0199. The van der Waals surface area contributed by atoms with Gasteiger partial charge in [-0.2, -0.15) is 0 Å². The molecule has 17 unspecified atom stereocenters. The van der Waals surface area contributed by atoms with Gasteiger partial charge >= 0.3 is 0 Å². The van der Waals surface area contributed by atoms with Crippen molar-refractivity contribution in [2.75, 3.05) is 26.4 Å². The Labute approximate surface area is 541 Å². The van der Waals surface area contributed by atoms with Gasteiger partial charge in [0.25, 0.3) is 0 Å². The monoisotopic (exact) mass is 1280 g/mol. The molecule has 0 radical (unpaired) electrons. The number of rotatable bonds is 54. The van der Waals surface area contributed by atoms with Crippen molar-refractivity contribution < 1.29 is 89.4 Å². The minimum absolute atomic E-state index is 0.241. The van der Waals surface area contributed by atoms with Crippen LogP contribution in [-0.2, 0) is 33.2 Å². The zero-order chi connectivity index (χ0) is 65.4. The van der Waals surface area contributed by atoms with Gasteiger partial charge in [-0.15, -0.1) is 0 Å². The van der Waals surface area contributed by atoms with Crippen LogP contribution in [0, 0.1) is 0 Å². The Kier molecular flexibility index (Phi) is 47.9. The van der Waals surface area contributed by atoms with E-state index in [0.717, 1.165) is 77.0 Å². The van der Waals surface area contributed by atoms with E-state index < -0.39 is 124 Å². The van der Waals surface area contributed by atoms with Crippen LogP contribution < -0.4 is 5.32 Å². The number of unbranched alkanes of at least 4 members (excludes halogenated alkanes) is 30. The van der Waals surface area contributed by atoms with E-state index in [1.54, 1.807) is 6.08 Å². The zero-order valence-corrected chi connectivity index (χ0v) is 55.4. The first-order valence-corrected chi connectivity index (χ1v) is 35.5. The Morgan fingerprint density at radius 3 is 1.20 bits per heavy atom. The Hall–Kier alpha value is -2.51. The summed E-state index contributed by atoms with van der Waals surface area (Å²) in [5, 5.41) is 121. The van der Waals surface area contributed by atoms with E-state index >= 15 is 0 Å². The van der Waals surface area contributed by atoms with Crippen LogP contribution in [0.3, 0.4) is 0 Å². The number of nitrogens with one attached hydrogen (secondary N) is 1. The van der Waals surface area contributed by atoms with Gasteiger partial charge in [0.1, 0.15) is 73.2 Å². The average Bonchev–Trinajstić information content (AvgIpc) is 0.866. The summed E-state index contributed by atoms with van der Waals surface area (Å²) in [7, 11) is 0. The van der Waals surface area contributed by atoms with Gasteiger partial charge in [-0.05, 0) is 57.8 Å². The van der Waals surface area contributed by atoms with Gasteiger partial charge in [0.05, 0.1) is 38.6 Å². The van der Waals surface area contributed by atoms with E-state index in [9.17, 15) is 61.0 Å². The number of aliphatic hydroxyl groups is 11. The van der Waals surface area contributed by atoms with E-state index in [4.69, 9.17) is 28.4 Å². The summed E-state index contributed by atoms with van der Waals surface area (Å²) < 4.78 is 34.4. The van der Waals surface area contributed by atoms with Crippen molar-refractivity contribution in [1.82, 2.24) is 5.32 Å². The van der Waals surface area contributed by atoms with Crippen molar-refractivity contribution in [2.24, 2.45) is 0 Å². The third-order valence-electron chi connectivity index (χ3n) is 17.6. The fourth-order valence-electron chi connectivity index (χ4n) is 11.8. The van der Waals surface area contributed by atoms with E-state index in [2.05, 4.69) is 67.8 Å². The van der Waals surface area contributed by atoms with Crippen molar-refractivity contribution in [2.45, 2.75) is 356 Å². The highest BCUT2D eigenvalue weighted by Gasteiger charge is 2.53. The lowest BCUT2D eigenvalue weighted by molar-refractivity contribution is -0.379. The first-order chi connectivity index (χ1) is 43.8. The third-order valence-corrected chi connectivity index (χ3v) is 17.6. The molecule has 12 N–H and O–H groups in total. The van der Waals surface area contributed by atoms with Gasteiger partial charge in [-0.3, -0.25) is 4.79 Å². The molecule has 1 amide bonds. The molecule has 3 saturated heterocycles. The molecular formula is C71H127NO18. The van der Waals surface area contributed by atoms with Crippen molar-refractivity contribution in [3.05, 3.63) is 60.8 Å². The van der Waals surface area contributed by atoms with E-state index in [1.807, 2.05) is 6.08 Å². The highest BCUT2D eigenvalue weighted by Crippen LogP contribution is 2.33. The number of amides is 1. The molecule has 17 atom stereocenters. The second-order valence-corrected chi connectivity index (χ2v) is 25.3. The van der Waals surface area contributed by atoms with Gasteiger partial charge < -0.3 is 89.9 Å². The summed E-state index contributed by atoms with van der Waals surface area (Å²) >= 11 is 0. The lowest BCUT2D eigenvalue weighted by atomic mass is 9.96. The van der Waals surface area contributed by atoms with Crippen LogP contribution in [0.2, 0.25) is 0 Å². The topological polar surface area (TPSA) is 307 Å². The summed E-state index contributed by atoms with van der Waals surface area (Å²) in [6.07, 6.45) is 37.6. The van der Waals surface area contributed by atoms with Crippen molar-refractivity contribution in [3.63, 3.8) is 0 Å². The van der Waals surface area contributed by atoms with Crippen molar-refractivity contribution in [1.29, 1.82) is 0 Å². The number of ether oxygens (including phenoxy) is 6. The van der Waals surface area contributed by atoms with Crippen LogP contribution in [-0.4, -0.2) is 193 Å². The summed E-state index contributed by atoms with van der Waals surface area (Å²) in [4.78, 5) is 13.4. The van der Waals surface area contributed by atoms with E-state index in [1.165, 1.54) is 148 Å². The normalized spacial score (nSPS) is 28.4. The minimum Gasteiger partial charge on any atom is -0.394 e. The molecule has 0 saturated carbocycles. The van der Waals surface area contributed by atoms with Crippen LogP contribution in [0.25, 0.3) is 0 Å². The predicted molar refractivity (Wildman–Crippen MR) is 351 cm³/mol. The maximum atomic E-state index is 13.4. The maximum Gasteiger partial charge on any atom is 0.220 e. The standard InChI is InChI=1S/C71H127NO18/c1-3-5-7-9-11-13-15-17-19-21-23-24-25-26-27-28-29-30-31-33-35-37-39-41-43-45-47-49-59(77)72-54(55(76)48-46-44-42-40-38-36-34-32-22-20-18-16-14-12-10-8-6-4-2)53-85-69-65(83)62(80)67(57(51-74)87-69)90-71-66(84)63(81)68(58(52-75)88-71)89-70-64(82)61(79)60(78)56(50-73)86-70/h5,7,11,13,17,19,23-24,46,48,54-58,60-71,73-76,78-84H,3-4,6,8-10,12,14-16,18,20-22,25-45,47,49-53H2,1-2H3,(H,72,77)/b7-5-,13-11-,19-17-,24-23-,48-46+. The SMILES string of the molecule is CC/C=C\C/C=C\C/C=C\C/C=C\CCCCCCCCCCCCCCCCC(=O)NC(COC1OC(CO)C(OC2OC(CO)C(OC3OC(CO)C(O)C(O)C3O)C(O)C2O)C(O)C1O)C(O)/C=C/CCCCCCCCCCCCCCCCCC. The molecule has 524 valence electrons. The molecule has 19 nitrogen and oxygen atoms in total. The lowest BCUT2D eigenvalue weighted by Crippen LogP contribution is -2.66. The van der Waals surface area contributed by atoms with E-state index in [-0.39, 0.29) is 18.9 Å². The first kappa shape index (κ1) is 81.7. The highest BCUT2D eigenvalue weighted by molar-refractivity contribution is 5.76. The Morgan fingerprint density at radius 1 is 0.411 bits per heavy atom. The van der Waals surface area contributed by atoms with Crippen LogP contribution in [0.4, 0.5) is 0 Å². The van der Waals surface area contributed by atoms with Crippen LogP contribution in [0.5, 0.6) is 0 Å². The molecule has 3 heterocycles. The molecule has 0 aromatic rings. The van der Waals surface area contributed by atoms with Gasteiger partial charge in [-0.25, -0.2) is 0 Å². The molecule has 0 spiro atoms. The minimum atomic E-state index is -1.98. The number of carbonyl (C=O) groups excluding carboxylic acids is 1. The van der Waals surface area contributed by atoms with Crippen molar-refractivity contribution >= 4 is 5.91 Å². The number of carbonyl (C=O) groups is 1. The van der Waals surface area contributed by atoms with Gasteiger partial charge in [0.15, 0.2) is 18.9 Å². The second-order valence-electron chi connectivity index (χ2n) is 25.3. The third kappa shape index (κ3) is 34.2. The molecule has 3 fully saturated rings. The highest BCUT2D eigenvalue weighted by atomic mass is 16.8. The van der Waals surface area contributed by atoms with Gasteiger partial charge in [0.2, 0.25) is 5.91 Å². The molecule has 19 heteroatoms. The molecule has 0 aliphatic carbocycles. The summed E-state index contributed by atoms with van der Waals surface area (Å²) in [6, 6.07) is -0.975. The van der Waals surface area contributed by atoms with Crippen LogP contribution >= 0.6 is 0 Å². The fourth-order valence-corrected chi connectivity index (χ4v) is 11.8. The predicted octanol–water partition coefficient (Wildman–Crippen LogP) is 9.55. The van der Waals surface area contributed by atoms with E-state index in [0.29, 0.717) is 6.42 Å². The maximum absolute atomic E-state index is 13.4. The summed E-state index contributed by atoms with van der Waals surface area (Å²) in [5.74, 6) is -0.276. The average molecular weight is 1280 g/mol. The van der Waals surface area contributed by atoms with Crippen LogP contribution in [0.1, 0.15) is 251 Å². The summed E-state index contributed by atoms with van der Waals surface area (Å²) in [5.41, 5.74) is 0. The molecule has 0 aromatic heterocycles. The lowest BCUT2D eigenvalue weighted by Gasteiger charge is -2.48. The molecule has 3 rings (SSSR count). The number of allylic oxidation sites excluding steroid dienone is 9. The summed E-state index contributed by atoms with van der Waals surface area (Å²) in [6.45, 7) is 1.64. The largest absolute Gasteiger partial charge is 0.394 e. The Bertz CT molecular complexity index is 1870. The van der Waals surface area contributed by atoms with Crippen molar-refractivity contribution in [3.8, 4) is 0 Å². The fraction of sp³-hybridized carbons (Fsp3) is 0.845. The first-order valence-electron chi connectivity index (χ1n) is 35.5. The molecule has 3 aliphatic heterocycles. The zero-order valence-electron chi connectivity index (χ0n) is 55.4. The number of hydrogen-bond donors (Lipinski definition) is 12. The smallest absolute Gasteiger partial charge is 0.220 e. The molecular weight excluding hydrogens is 1150 g/mol. The Morgan fingerprint density at radius 2 is 0.767 bits per heavy atom. The van der Waals surface area contributed by atoms with Gasteiger partial charge in [0, 0.05) is 6.42 Å².